The molecule has 3 aromatic rings. The first-order valence-electron chi connectivity index (χ1n) is 5.52. The van der Waals surface area contributed by atoms with Crippen LogP contribution < -0.4 is 11.1 Å². The van der Waals surface area contributed by atoms with E-state index in [1.54, 1.807) is 11.3 Å². The van der Waals surface area contributed by atoms with E-state index in [0.717, 1.165) is 26.2 Å². The second kappa shape index (κ2) is 4.63. The van der Waals surface area contributed by atoms with E-state index in [2.05, 4.69) is 38.8 Å². The SMILES string of the molecule is Nc1ccc(Nc2cccc(Br)c2)c2ccsc12. The quantitative estimate of drug-likeness (QED) is 0.653. The smallest absolute Gasteiger partial charge is 0.0593 e. The van der Waals surface area contributed by atoms with E-state index in [1.165, 1.54) is 5.39 Å². The number of hydrogen-bond acceptors (Lipinski definition) is 3. The molecule has 3 N–H and O–H groups in total. The van der Waals surface area contributed by atoms with Crippen molar-refractivity contribution in [2.45, 2.75) is 0 Å². The monoisotopic (exact) mass is 318 g/mol. The van der Waals surface area contributed by atoms with Crippen LogP contribution in [0.25, 0.3) is 10.1 Å². The van der Waals surface area contributed by atoms with Crippen molar-refractivity contribution in [2.24, 2.45) is 0 Å². The number of hydrogen-bond donors (Lipinski definition) is 2. The molecule has 0 bridgehead atoms. The molecule has 0 radical (unpaired) electrons. The van der Waals surface area contributed by atoms with Gasteiger partial charge in [0.05, 0.1) is 4.70 Å². The topological polar surface area (TPSA) is 38.0 Å². The predicted molar refractivity (Wildman–Crippen MR) is 83.7 cm³/mol. The second-order valence-electron chi connectivity index (χ2n) is 4.00. The Morgan fingerprint density at radius 2 is 2.00 bits per heavy atom. The van der Waals surface area contributed by atoms with Crippen molar-refractivity contribution in [3.8, 4) is 0 Å². The van der Waals surface area contributed by atoms with Crippen LogP contribution in [0.2, 0.25) is 0 Å². The minimum atomic E-state index is 0.833. The van der Waals surface area contributed by atoms with Gasteiger partial charge in [-0.1, -0.05) is 22.0 Å². The van der Waals surface area contributed by atoms with Gasteiger partial charge in [-0.15, -0.1) is 11.3 Å². The van der Waals surface area contributed by atoms with E-state index >= 15 is 0 Å². The van der Waals surface area contributed by atoms with Gasteiger partial charge in [0.1, 0.15) is 0 Å². The zero-order valence-electron chi connectivity index (χ0n) is 9.48. The molecule has 2 nitrogen and oxygen atoms in total. The Balaban J connectivity index is 2.05. The molecular formula is C14H11BrN2S. The number of benzene rings is 2. The van der Waals surface area contributed by atoms with Gasteiger partial charge in [-0.2, -0.15) is 0 Å². The third-order valence-electron chi connectivity index (χ3n) is 2.75. The highest BCUT2D eigenvalue weighted by Gasteiger charge is 2.05. The van der Waals surface area contributed by atoms with Crippen LogP contribution in [-0.2, 0) is 0 Å². The molecule has 0 saturated carbocycles. The summed E-state index contributed by atoms with van der Waals surface area (Å²) >= 11 is 5.14. The van der Waals surface area contributed by atoms with Crippen LogP contribution >= 0.6 is 27.3 Å². The Morgan fingerprint density at radius 1 is 1.11 bits per heavy atom. The molecule has 0 unspecified atom stereocenters. The highest BCUT2D eigenvalue weighted by atomic mass is 79.9. The lowest BCUT2D eigenvalue weighted by Crippen LogP contribution is -1.92. The number of fused-ring (bicyclic) bond motifs is 1. The molecule has 18 heavy (non-hydrogen) atoms. The van der Waals surface area contributed by atoms with E-state index in [0.29, 0.717) is 0 Å². The summed E-state index contributed by atoms with van der Waals surface area (Å²) in [5.41, 5.74) is 8.93. The zero-order chi connectivity index (χ0) is 12.5. The third-order valence-corrected chi connectivity index (χ3v) is 4.21. The lowest BCUT2D eigenvalue weighted by atomic mass is 10.2. The number of halogens is 1. The lowest BCUT2D eigenvalue weighted by molar-refractivity contribution is 1.56. The van der Waals surface area contributed by atoms with Gasteiger partial charge in [0.25, 0.3) is 0 Å². The summed E-state index contributed by atoms with van der Waals surface area (Å²) in [4.78, 5) is 0. The molecule has 0 fully saturated rings. The summed E-state index contributed by atoms with van der Waals surface area (Å²) in [6, 6.07) is 14.2. The van der Waals surface area contributed by atoms with E-state index in [4.69, 9.17) is 5.73 Å². The fourth-order valence-electron chi connectivity index (χ4n) is 1.91. The van der Waals surface area contributed by atoms with E-state index in [9.17, 15) is 0 Å². The van der Waals surface area contributed by atoms with Crippen LogP contribution in [0.3, 0.4) is 0 Å². The molecule has 90 valence electrons. The van der Waals surface area contributed by atoms with Crippen LogP contribution in [0.4, 0.5) is 17.1 Å². The summed E-state index contributed by atoms with van der Waals surface area (Å²) in [7, 11) is 0. The average molecular weight is 319 g/mol. The van der Waals surface area contributed by atoms with Crippen LogP contribution in [0.1, 0.15) is 0 Å². The average Bonchev–Trinajstić information content (AvgIpc) is 2.83. The number of rotatable bonds is 2. The third kappa shape index (κ3) is 2.09. The van der Waals surface area contributed by atoms with Gasteiger partial charge in [0.2, 0.25) is 0 Å². The first kappa shape index (κ1) is 11.6. The fourth-order valence-corrected chi connectivity index (χ4v) is 3.16. The van der Waals surface area contributed by atoms with Crippen molar-refractivity contribution >= 4 is 54.4 Å². The van der Waals surface area contributed by atoms with Gasteiger partial charge in [-0.05, 0) is 41.8 Å². The number of thiophene rings is 1. The molecule has 0 atom stereocenters. The summed E-state index contributed by atoms with van der Waals surface area (Å²) < 4.78 is 2.19. The zero-order valence-corrected chi connectivity index (χ0v) is 11.9. The Kier molecular flexibility index (Phi) is 2.97. The van der Waals surface area contributed by atoms with Crippen molar-refractivity contribution in [2.75, 3.05) is 11.1 Å². The molecule has 4 heteroatoms. The maximum absolute atomic E-state index is 5.96. The van der Waals surface area contributed by atoms with Crippen molar-refractivity contribution in [3.05, 3.63) is 52.3 Å². The van der Waals surface area contributed by atoms with Gasteiger partial charge in [-0.3, -0.25) is 0 Å². The van der Waals surface area contributed by atoms with Crippen molar-refractivity contribution in [1.29, 1.82) is 0 Å². The highest BCUT2D eigenvalue weighted by molar-refractivity contribution is 9.10. The van der Waals surface area contributed by atoms with Gasteiger partial charge < -0.3 is 11.1 Å². The van der Waals surface area contributed by atoms with Gasteiger partial charge in [0, 0.05) is 26.9 Å². The summed E-state index contributed by atoms with van der Waals surface area (Å²) in [5, 5.41) is 6.65. The maximum atomic E-state index is 5.96. The van der Waals surface area contributed by atoms with Gasteiger partial charge in [0.15, 0.2) is 0 Å². The Morgan fingerprint density at radius 3 is 2.83 bits per heavy atom. The van der Waals surface area contributed by atoms with Gasteiger partial charge >= 0.3 is 0 Å². The van der Waals surface area contributed by atoms with Crippen LogP contribution in [0.15, 0.2) is 52.3 Å². The molecule has 0 amide bonds. The standard InChI is InChI=1S/C14H11BrN2S/c15-9-2-1-3-10(8-9)17-13-5-4-12(16)14-11(13)6-7-18-14/h1-8,17H,16H2. The Labute approximate surface area is 118 Å². The van der Waals surface area contributed by atoms with E-state index < -0.39 is 0 Å². The maximum Gasteiger partial charge on any atom is 0.0593 e. The molecule has 1 aromatic heterocycles. The summed E-state index contributed by atoms with van der Waals surface area (Å²) in [6.45, 7) is 0. The first-order valence-corrected chi connectivity index (χ1v) is 7.19. The number of nitrogen functional groups attached to an aromatic ring is 1. The predicted octanol–water partition coefficient (Wildman–Crippen LogP) is 4.99. The lowest BCUT2D eigenvalue weighted by Gasteiger charge is -2.09. The number of anilines is 3. The summed E-state index contributed by atoms with van der Waals surface area (Å²) in [5.74, 6) is 0. The molecule has 0 aliphatic carbocycles. The van der Waals surface area contributed by atoms with Crippen molar-refractivity contribution in [3.63, 3.8) is 0 Å². The molecular weight excluding hydrogens is 308 g/mol. The fraction of sp³-hybridized carbons (Fsp3) is 0. The molecule has 0 aliphatic heterocycles. The summed E-state index contributed by atoms with van der Waals surface area (Å²) in [6.07, 6.45) is 0. The number of nitrogens with one attached hydrogen (secondary N) is 1. The van der Waals surface area contributed by atoms with Crippen LogP contribution in [0.5, 0.6) is 0 Å². The van der Waals surface area contributed by atoms with Crippen LogP contribution in [-0.4, -0.2) is 0 Å². The van der Waals surface area contributed by atoms with Crippen LogP contribution in [0, 0.1) is 0 Å². The minimum absolute atomic E-state index is 0.833. The van der Waals surface area contributed by atoms with E-state index in [-0.39, 0.29) is 0 Å². The van der Waals surface area contributed by atoms with Crippen molar-refractivity contribution < 1.29 is 0 Å². The molecule has 3 rings (SSSR count). The molecule has 2 aromatic carbocycles. The second-order valence-corrected chi connectivity index (χ2v) is 5.83. The molecule has 0 aliphatic rings. The molecule has 1 heterocycles. The van der Waals surface area contributed by atoms with Crippen molar-refractivity contribution in [1.82, 2.24) is 0 Å². The first-order chi connectivity index (χ1) is 8.74. The van der Waals surface area contributed by atoms with E-state index in [1.807, 2.05) is 30.3 Å². The molecule has 0 spiro atoms. The number of nitrogens with two attached hydrogens (primary N) is 1. The van der Waals surface area contributed by atoms with Gasteiger partial charge in [-0.25, -0.2) is 0 Å². The molecule has 0 saturated heterocycles. The highest BCUT2D eigenvalue weighted by Crippen LogP contribution is 2.34. The minimum Gasteiger partial charge on any atom is -0.398 e. The normalized spacial score (nSPS) is 10.7. The largest absolute Gasteiger partial charge is 0.398 e. The Hall–Kier alpha value is -1.52. The Bertz CT molecular complexity index is 706.